The predicted molar refractivity (Wildman–Crippen MR) is 115 cm³/mol. The molecular weight excluding hydrogens is 312 g/mol. The molecule has 3 saturated carbocycles. The average Bonchev–Trinajstić information content (AvgIpc) is 3.15. The molecule has 0 heterocycles. The lowest BCUT2D eigenvalue weighted by molar-refractivity contribution is 0.136. The van der Waals surface area contributed by atoms with Gasteiger partial charge in [-0.25, -0.2) is 0 Å². The molecule has 0 aliphatic heterocycles. The molecule has 3 fully saturated rings. The summed E-state index contributed by atoms with van der Waals surface area (Å²) in [5, 5.41) is 0. The van der Waals surface area contributed by atoms with Crippen molar-refractivity contribution in [1.82, 2.24) is 0 Å². The monoisotopic (exact) mass is 354 g/mol. The SMILES string of the molecule is C=C1CCCC1C(C)/C=C1\CCC[C@]2(C)C(C/C=C/CC(C)C)CCC12. The Morgan fingerprint density at radius 3 is 2.58 bits per heavy atom. The van der Waals surface area contributed by atoms with Crippen LogP contribution in [0, 0.1) is 35.0 Å². The quantitative estimate of drug-likeness (QED) is 0.422. The van der Waals surface area contributed by atoms with Crippen LogP contribution in [-0.4, -0.2) is 0 Å². The van der Waals surface area contributed by atoms with Gasteiger partial charge in [0.25, 0.3) is 0 Å². The molecule has 0 aromatic heterocycles. The largest absolute Gasteiger partial charge is 0.0996 e. The minimum atomic E-state index is 0.554. The second-order valence-electron chi connectivity index (χ2n) is 10.3. The third kappa shape index (κ3) is 4.20. The number of rotatable bonds is 6. The fourth-order valence-electron chi connectivity index (χ4n) is 6.39. The van der Waals surface area contributed by atoms with Gasteiger partial charge in [0.2, 0.25) is 0 Å². The summed E-state index contributed by atoms with van der Waals surface area (Å²) in [7, 11) is 0. The molecule has 0 nitrogen and oxygen atoms in total. The average molecular weight is 355 g/mol. The van der Waals surface area contributed by atoms with Gasteiger partial charge in [-0.3, -0.25) is 0 Å². The van der Waals surface area contributed by atoms with Gasteiger partial charge in [-0.1, -0.05) is 63.6 Å². The first-order chi connectivity index (χ1) is 12.4. The minimum Gasteiger partial charge on any atom is -0.0996 e. The molecule has 0 heteroatoms. The van der Waals surface area contributed by atoms with Gasteiger partial charge in [0.15, 0.2) is 0 Å². The van der Waals surface area contributed by atoms with Crippen molar-refractivity contribution in [1.29, 1.82) is 0 Å². The van der Waals surface area contributed by atoms with Crippen molar-refractivity contribution < 1.29 is 0 Å². The lowest BCUT2D eigenvalue weighted by Crippen LogP contribution is -2.33. The van der Waals surface area contributed by atoms with E-state index in [2.05, 4.69) is 52.5 Å². The van der Waals surface area contributed by atoms with E-state index in [0.29, 0.717) is 11.3 Å². The summed E-state index contributed by atoms with van der Waals surface area (Å²) in [6.45, 7) is 14.1. The summed E-state index contributed by atoms with van der Waals surface area (Å²) in [6.07, 6.45) is 21.3. The highest BCUT2D eigenvalue weighted by Gasteiger charge is 2.48. The van der Waals surface area contributed by atoms with Crippen molar-refractivity contribution in [3.05, 3.63) is 36.0 Å². The van der Waals surface area contributed by atoms with Gasteiger partial charge < -0.3 is 0 Å². The first kappa shape index (κ1) is 20.0. The maximum atomic E-state index is 4.36. The van der Waals surface area contributed by atoms with Gasteiger partial charge in [-0.05, 0) is 99.2 Å². The Hall–Kier alpha value is -0.780. The Kier molecular flexibility index (Phi) is 6.52. The van der Waals surface area contributed by atoms with Crippen LogP contribution in [-0.2, 0) is 0 Å². The van der Waals surface area contributed by atoms with Crippen LogP contribution in [0.1, 0.15) is 91.9 Å². The molecule has 0 N–H and O–H groups in total. The second kappa shape index (κ2) is 8.49. The van der Waals surface area contributed by atoms with Crippen molar-refractivity contribution in [3.63, 3.8) is 0 Å². The highest BCUT2D eigenvalue weighted by Crippen LogP contribution is 2.58. The Bertz CT molecular complexity index is 548. The second-order valence-corrected chi connectivity index (χ2v) is 10.3. The molecule has 5 atom stereocenters. The Morgan fingerprint density at radius 1 is 1.08 bits per heavy atom. The zero-order valence-electron chi connectivity index (χ0n) is 17.9. The van der Waals surface area contributed by atoms with E-state index in [4.69, 9.17) is 0 Å². The summed E-state index contributed by atoms with van der Waals surface area (Å²) in [4.78, 5) is 0. The molecule has 0 aromatic carbocycles. The van der Waals surface area contributed by atoms with Crippen molar-refractivity contribution in [2.24, 2.45) is 35.0 Å². The van der Waals surface area contributed by atoms with Gasteiger partial charge in [0.05, 0.1) is 0 Å². The molecule has 3 rings (SSSR count). The fourth-order valence-corrected chi connectivity index (χ4v) is 6.39. The number of fused-ring (bicyclic) bond motifs is 1. The summed E-state index contributed by atoms with van der Waals surface area (Å²) >= 11 is 0. The summed E-state index contributed by atoms with van der Waals surface area (Å²) in [5.74, 6) is 4.00. The molecule has 0 amide bonds. The number of hydrogen-bond donors (Lipinski definition) is 0. The lowest BCUT2D eigenvalue weighted by Gasteiger charge is -2.42. The molecule has 26 heavy (non-hydrogen) atoms. The van der Waals surface area contributed by atoms with Crippen molar-refractivity contribution in [3.8, 4) is 0 Å². The molecule has 0 spiro atoms. The van der Waals surface area contributed by atoms with Gasteiger partial charge in [0, 0.05) is 0 Å². The zero-order chi connectivity index (χ0) is 18.7. The molecule has 3 aliphatic carbocycles. The third-order valence-electron chi connectivity index (χ3n) is 8.00. The highest BCUT2D eigenvalue weighted by atomic mass is 14.5. The van der Waals surface area contributed by atoms with E-state index in [1.54, 1.807) is 0 Å². The third-order valence-corrected chi connectivity index (χ3v) is 8.00. The molecule has 0 aromatic rings. The molecular formula is C26H42. The van der Waals surface area contributed by atoms with Crippen LogP contribution in [0.25, 0.3) is 0 Å². The minimum absolute atomic E-state index is 0.554. The Morgan fingerprint density at radius 2 is 1.88 bits per heavy atom. The van der Waals surface area contributed by atoms with Crippen LogP contribution in [0.2, 0.25) is 0 Å². The molecule has 0 bridgehead atoms. The van der Waals surface area contributed by atoms with Crippen LogP contribution in [0.15, 0.2) is 36.0 Å². The molecule has 0 saturated heterocycles. The summed E-state index contributed by atoms with van der Waals surface area (Å²) in [5.41, 5.74) is 3.89. The highest BCUT2D eigenvalue weighted by molar-refractivity contribution is 5.21. The summed E-state index contributed by atoms with van der Waals surface area (Å²) < 4.78 is 0. The van der Waals surface area contributed by atoms with Crippen LogP contribution in [0.5, 0.6) is 0 Å². The van der Waals surface area contributed by atoms with E-state index in [-0.39, 0.29) is 0 Å². The molecule has 4 unspecified atom stereocenters. The Labute approximate surface area is 163 Å². The molecule has 0 radical (unpaired) electrons. The summed E-state index contributed by atoms with van der Waals surface area (Å²) in [6, 6.07) is 0. The standard InChI is InChI=1S/C26H42/c1-19(2)10-6-7-13-23-15-16-25-22(12-9-17-26(23,25)5)18-21(4)24-14-8-11-20(24)3/h6-7,18-19,21,23-25H,3,8-17H2,1-2,4-5H3/b7-6+,22-18+/t21?,23?,24?,25?,26-/m1/s1. The Balaban J connectivity index is 1.67. The van der Waals surface area contributed by atoms with Gasteiger partial charge in [-0.15, -0.1) is 0 Å². The zero-order valence-corrected chi connectivity index (χ0v) is 17.9. The van der Waals surface area contributed by atoms with Gasteiger partial charge >= 0.3 is 0 Å². The van der Waals surface area contributed by atoms with Crippen LogP contribution >= 0.6 is 0 Å². The number of hydrogen-bond acceptors (Lipinski definition) is 0. The molecule has 146 valence electrons. The van der Waals surface area contributed by atoms with Crippen molar-refractivity contribution >= 4 is 0 Å². The van der Waals surface area contributed by atoms with E-state index in [9.17, 15) is 0 Å². The van der Waals surface area contributed by atoms with E-state index < -0.39 is 0 Å². The topological polar surface area (TPSA) is 0 Å². The number of allylic oxidation sites excluding steroid dienone is 5. The molecule has 3 aliphatic rings. The van der Waals surface area contributed by atoms with E-state index in [0.717, 1.165) is 23.7 Å². The fraction of sp³-hybridized carbons (Fsp3) is 0.769. The van der Waals surface area contributed by atoms with Crippen molar-refractivity contribution in [2.45, 2.75) is 91.9 Å². The maximum absolute atomic E-state index is 4.36. The smallest absolute Gasteiger partial charge is 0.0145 e. The van der Waals surface area contributed by atoms with Crippen LogP contribution in [0.4, 0.5) is 0 Å². The van der Waals surface area contributed by atoms with E-state index >= 15 is 0 Å². The predicted octanol–water partition coefficient (Wildman–Crippen LogP) is 8.11. The van der Waals surface area contributed by atoms with Crippen LogP contribution < -0.4 is 0 Å². The van der Waals surface area contributed by atoms with Gasteiger partial charge in [-0.2, -0.15) is 0 Å². The first-order valence-electron chi connectivity index (χ1n) is 11.4. The maximum Gasteiger partial charge on any atom is -0.0145 e. The first-order valence-corrected chi connectivity index (χ1v) is 11.4. The van der Waals surface area contributed by atoms with Gasteiger partial charge in [0.1, 0.15) is 0 Å². The van der Waals surface area contributed by atoms with Crippen molar-refractivity contribution in [2.75, 3.05) is 0 Å². The van der Waals surface area contributed by atoms with E-state index in [1.165, 1.54) is 69.8 Å². The van der Waals surface area contributed by atoms with Crippen LogP contribution in [0.3, 0.4) is 0 Å². The lowest BCUT2D eigenvalue weighted by atomic mass is 9.62. The van der Waals surface area contributed by atoms with E-state index in [1.807, 2.05) is 5.57 Å². The normalized spacial score (nSPS) is 37.8.